The average molecular weight is 1730 g/mol. The van der Waals surface area contributed by atoms with Crippen molar-refractivity contribution in [1.82, 2.24) is 5.32 Å². The molecule has 1 unspecified atom stereocenters. The summed E-state index contributed by atoms with van der Waals surface area (Å²) in [6, 6.07) is -3.33. The van der Waals surface area contributed by atoms with Gasteiger partial charge in [0.15, 0.2) is 50.3 Å². The van der Waals surface area contributed by atoms with Crippen LogP contribution in [0.1, 0.15) is 13.3 Å². The third kappa shape index (κ3) is 21.1. The maximum absolute atomic E-state index is 13.0. The van der Waals surface area contributed by atoms with Crippen LogP contribution in [0.5, 0.6) is 0 Å². The number of hydrogen-bond donors (Lipinski definition) is 35. The molecule has 0 spiro atoms. The first kappa shape index (κ1) is 97.7. The molecule has 9 fully saturated rings. The lowest BCUT2D eigenvalue weighted by Gasteiger charge is -2.53. The number of nitrogens with one attached hydrogen (secondary N) is 1. The largest absolute Gasteiger partial charge is 0.477 e. The van der Waals surface area contributed by atoms with Gasteiger partial charge in [0.1, 0.15) is 238 Å². The van der Waals surface area contributed by atoms with Crippen molar-refractivity contribution < 1.29 is 259 Å². The summed E-state index contributed by atoms with van der Waals surface area (Å²) >= 11 is 0. The maximum atomic E-state index is 13.0. The molecule has 9 aliphatic rings. The number of aliphatic carboxylic acids is 1. The van der Waals surface area contributed by atoms with Gasteiger partial charge in [0, 0.05) is 13.3 Å². The third-order valence-electron chi connectivity index (χ3n) is 21.4. The fraction of sp³-hybridized carbons (Fsp3) is 0.968. The molecule has 0 saturated carbocycles. The van der Waals surface area contributed by atoms with E-state index in [1.807, 2.05) is 0 Å². The second-order valence-corrected chi connectivity index (χ2v) is 29.5. The van der Waals surface area contributed by atoms with Crippen LogP contribution < -0.4 is 11.1 Å². The standard InChI is InChI=1S/C63H108N2O52/c1-12(73)65-24-29(84)26(81)20(8-71)104-55(24)113-50-37(92)41(96)56(110-47(50)16(77)5-68)102-11-22-27(82)30(85)38(93)58(106-22)116-53-49(21(9-72)105-57-39(94)31(86)33(88)43(107-57)14(75)3-66)112-60(111-46-13(74)2-63(100,62(98)99)117-48(46)17(78)6-69)42(97)51(53)114-61-52(36(91)35(90)44(109-61)15(76)4-67)115-59-40(95)32(87)34(89)45(108-59)18(79)10-101-54-23(64)28(83)25(80)19(7-70)103-54/h13-61,66-72,74-97,100H,2-11,64H2,1H3,(H,65,73)(H,98,99)/t13-,14+,15+,16+,17-,18+,19-,20-,21+,22-,23-,24-,25-,26+,27-,28-,29-,30+,31+,32+,33+,34+,35+,36+,37-,38-,39+,40+,41+,42+,43-,44-,45-,46-,47-,48-,49-,50+,51-,52+,53-,54+,55+,56+,57+,58+,59-,60+,61-,63?/m1/s1. The molecule has 0 aromatic rings. The molecule has 0 bridgehead atoms. The van der Waals surface area contributed by atoms with Crippen molar-refractivity contribution in [1.29, 1.82) is 0 Å². The Morgan fingerprint density at radius 3 is 1.35 bits per heavy atom. The Hall–Kier alpha value is -3.06. The number of rotatable bonds is 33. The molecule has 9 rings (SSSR count). The number of aliphatic hydroxyl groups is 32. The number of carboxylic acids is 1. The highest BCUT2D eigenvalue weighted by atomic mass is 16.8. The summed E-state index contributed by atoms with van der Waals surface area (Å²) in [5.74, 6) is -6.51. The van der Waals surface area contributed by atoms with Gasteiger partial charge in [-0.2, -0.15) is 0 Å². The summed E-state index contributed by atoms with van der Waals surface area (Å²) in [5, 5.41) is 368. The summed E-state index contributed by atoms with van der Waals surface area (Å²) in [4.78, 5) is 24.6. The van der Waals surface area contributed by atoms with Crippen LogP contribution in [0.4, 0.5) is 0 Å². The van der Waals surface area contributed by atoms with E-state index in [-0.39, 0.29) is 0 Å². The molecule has 0 aromatic heterocycles. The van der Waals surface area contributed by atoms with Crippen LogP contribution in [0, 0.1) is 0 Å². The fourth-order valence-electron chi connectivity index (χ4n) is 14.7. The molecule has 9 saturated heterocycles. The van der Waals surface area contributed by atoms with Crippen LogP contribution in [-0.2, 0) is 90.1 Å². The van der Waals surface area contributed by atoms with Crippen LogP contribution >= 0.6 is 0 Å². The third-order valence-corrected chi connectivity index (χ3v) is 21.4. The number of amides is 1. The Kier molecular flexibility index (Phi) is 34.9. The van der Waals surface area contributed by atoms with E-state index < -0.39 is 384 Å². The minimum Gasteiger partial charge on any atom is -0.477 e. The highest BCUT2D eigenvalue weighted by Gasteiger charge is 2.63. The van der Waals surface area contributed by atoms with Gasteiger partial charge in [0.05, 0.1) is 71.6 Å². The molecular weight excluding hydrogens is 1620 g/mol. The number of ether oxygens (including phenoxy) is 17. The van der Waals surface area contributed by atoms with E-state index in [1.165, 1.54) is 0 Å². The Morgan fingerprint density at radius 2 is 0.795 bits per heavy atom. The van der Waals surface area contributed by atoms with Gasteiger partial charge in [-0.05, 0) is 0 Å². The monoisotopic (exact) mass is 1720 g/mol. The molecule has 9 heterocycles. The lowest BCUT2D eigenvalue weighted by atomic mass is 9.91. The Bertz CT molecular complexity index is 3050. The van der Waals surface area contributed by atoms with Crippen LogP contribution in [0.25, 0.3) is 0 Å². The quantitative estimate of drug-likeness (QED) is 0.0290. The smallest absolute Gasteiger partial charge is 0.364 e. The van der Waals surface area contributed by atoms with E-state index >= 15 is 0 Å². The van der Waals surface area contributed by atoms with Gasteiger partial charge in [-0.25, -0.2) is 4.79 Å². The number of carbonyl (C=O) groups is 2. The molecule has 1 amide bonds. The SMILES string of the molecule is CC(=O)N[C@H]1[C@H](O[C@H]2[C@H](O)[C@H](O)[C@@H](OC[C@H]3O[C@@H](O[C@H]4[C@H](O[C@H]5O[C@H]([C@@H](O)CO)[C@@H](O)[C@H](O)[C@@H]5O[C@H]5O[C@H]([C@@H](O)CO[C@H]6O[C@H](CO)[C@@H](O)[C@H](O)[C@H]6N)[C@@H](O)[C@H](O)[C@@H]5O)[C@H](O)[C@@H](O[C@H]5[C@@H]([C@H](O)CO)OC(O)(C(=O)O)C[C@H]5O)O[C@@H]4[C@H](CO)O[C@H]4O[C@H]([C@@H](O)CO)[C@@H](O)[C@H](O)[C@@H]4O)[C@H](O)[C@@H](O)[C@@H]3O)O[C@@H]2[C@@H](O)CO)O[C@H](CO)[C@H](O)[C@@H]1O. The molecule has 0 aliphatic carbocycles. The average Bonchev–Trinajstić information content (AvgIpc) is 0.740. The molecule has 54 nitrogen and oxygen atoms in total. The molecule has 54 heteroatoms. The summed E-state index contributed by atoms with van der Waals surface area (Å²) < 4.78 is 99.0. The Labute approximate surface area is 659 Å². The number of hydrogen-bond acceptors (Lipinski definition) is 52. The van der Waals surface area contributed by atoms with E-state index in [4.69, 9.17) is 86.3 Å². The van der Waals surface area contributed by atoms with E-state index in [9.17, 15) is 178 Å². The minimum atomic E-state index is -3.44. The maximum Gasteiger partial charge on any atom is 0.364 e. The van der Waals surface area contributed by atoms with Crippen molar-refractivity contribution in [2.75, 3.05) is 59.5 Å². The van der Waals surface area contributed by atoms with E-state index in [0.29, 0.717) is 0 Å². The topological polar surface area (TPSA) is 897 Å². The van der Waals surface area contributed by atoms with E-state index in [2.05, 4.69) is 5.32 Å². The summed E-state index contributed by atoms with van der Waals surface area (Å²) in [6.07, 6.45) is -112. The number of carboxylic acid groups (broad SMARTS) is 1. The van der Waals surface area contributed by atoms with E-state index in [0.717, 1.165) is 6.92 Å². The Balaban J connectivity index is 1.11. The molecule has 0 radical (unpaired) electrons. The van der Waals surface area contributed by atoms with Gasteiger partial charge in [-0.1, -0.05) is 0 Å². The van der Waals surface area contributed by atoms with E-state index in [1.54, 1.807) is 0 Å². The van der Waals surface area contributed by atoms with Crippen LogP contribution in [-0.4, -0.2) is 546 Å². The van der Waals surface area contributed by atoms with Crippen molar-refractivity contribution in [3.63, 3.8) is 0 Å². The molecular formula is C63H108N2O52. The molecule has 0 aromatic carbocycles. The predicted octanol–water partition coefficient (Wildman–Crippen LogP) is -23.9. The highest BCUT2D eigenvalue weighted by molar-refractivity contribution is 5.75. The lowest BCUT2D eigenvalue weighted by Crippen LogP contribution is -2.71. The van der Waals surface area contributed by atoms with Gasteiger partial charge >= 0.3 is 5.97 Å². The van der Waals surface area contributed by atoms with Gasteiger partial charge < -0.3 is 260 Å². The van der Waals surface area contributed by atoms with Crippen LogP contribution in [0.2, 0.25) is 0 Å². The first-order chi connectivity index (χ1) is 55.1. The first-order valence-electron chi connectivity index (χ1n) is 36.7. The molecule has 50 atom stereocenters. The zero-order valence-corrected chi connectivity index (χ0v) is 61.5. The molecule has 682 valence electrons. The van der Waals surface area contributed by atoms with Gasteiger partial charge in [0.25, 0.3) is 5.79 Å². The summed E-state index contributed by atoms with van der Waals surface area (Å²) in [6.45, 7) is -10.2. The zero-order chi connectivity index (χ0) is 86.7. The van der Waals surface area contributed by atoms with Gasteiger partial charge in [-0.3, -0.25) is 4.79 Å². The van der Waals surface area contributed by atoms with Crippen molar-refractivity contribution in [2.45, 2.75) is 320 Å². The molecule has 9 aliphatic heterocycles. The van der Waals surface area contributed by atoms with Crippen molar-refractivity contribution >= 4 is 11.9 Å². The predicted molar refractivity (Wildman–Crippen MR) is 352 cm³/mol. The van der Waals surface area contributed by atoms with Crippen LogP contribution in [0.15, 0.2) is 0 Å². The van der Waals surface area contributed by atoms with Gasteiger partial charge in [-0.15, -0.1) is 0 Å². The zero-order valence-electron chi connectivity index (χ0n) is 61.5. The highest BCUT2D eigenvalue weighted by Crippen LogP contribution is 2.42. The van der Waals surface area contributed by atoms with Crippen molar-refractivity contribution in [3.05, 3.63) is 0 Å². The van der Waals surface area contributed by atoms with Crippen LogP contribution in [0.3, 0.4) is 0 Å². The normalized spacial score (nSPS) is 49.2. The van der Waals surface area contributed by atoms with Crippen molar-refractivity contribution in [3.8, 4) is 0 Å². The number of aliphatic hydroxyl groups excluding tert-OH is 31. The Morgan fingerprint density at radius 1 is 0.385 bits per heavy atom. The molecule has 36 N–H and O–H groups in total. The number of nitrogens with two attached hydrogens (primary N) is 1. The molecule has 117 heavy (non-hydrogen) atoms. The number of carbonyl (C=O) groups excluding carboxylic acids is 1. The first-order valence-corrected chi connectivity index (χ1v) is 36.7. The summed E-state index contributed by atoms with van der Waals surface area (Å²) in [7, 11) is 0. The lowest BCUT2D eigenvalue weighted by molar-refractivity contribution is -0.419. The second kappa shape index (κ2) is 41.8. The summed E-state index contributed by atoms with van der Waals surface area (Å²) in [5.41, 5.74) is 5.96. The fourth-order valence-corrected chi connectivity index (χ4v) is 14.7. The van der Waals surface area contributed by atoms with Gasteiger partial charge in [0.2, 0.25) is 5.91 Å². The van der Waals surface area contributed by atoms with Crippen molar-refractivity contribution in [2.24, 2.45) is 5.73 Å². The minimum absolute atomic E-state index is 0.855. The second-order valence-electron chi connectivity index (χ2n) is 29.5.